The third-order valence-corrected chi connectivity index (χ3v) is 6.50. The second kappa shape index (κ2) is 8.78. The number of benzene rings is 1. The van der Waals surface area contributed by atoms with Gasteiger partial charge >= 0.3 is 0 Å². The van der Waals surface area contributed by atoms with E-state index in [4.69, 9.17) is 0 Å². The van der Waals surface area contributed by atoms with Gasteiger partial charge in [0, 0.05) is 0 Å². The van der Waals surface area contributed by atoms with Crippen molar-refractivity contribution in [2.45, 2.75) is 70.1 Å². The van der Waals surface area contributed by atoms with Crippen LogP contribution in [0.15, 0.2) is 36.7 Å². The highest BCUT2D eigenvalue weighted by atomic mass is 19.1. The van der Waals surface area contributed by atoms with Gasteiger partial charge in [0.2, 0.25) is 0 Å². The van der Waals surface area contributed by atoms with Crippen molar-refractivity contribution in [2.24, 2.45) is 17.8 Å². The van der Waals surface area contributed by atoms with E-state index in [1.54, 1.807) is 18.2 Å². The normalized spacial score (nSPS) is 31.4. The molecule has 2 fully saturated rings. The van der Waals surface area contributed by atoms with E-state index in [1.165, 1.54) is 56.9 Å². The van der Waals surface area contributed by atoms with Crippen LogP contribution in [0.4, 0.5) is 8.78 Å². The lowest BCUT2D eigenvalue weighted by Crippen LogP contribution is -2.25. The summed E-state index contributed by atoms with van der Waals surface area (Å²) < 4.78 is 25.1. The first-order valence-corrected chi connectivity index (χ1v) is 9.77. The molecule has 0 atom stereocenters. The third kappa shape index (κ3) is 4.68. The highest BCUT2D eigenvalue weighted by molar-refractivity contribution is 5.20. The largest absolute Gasteiger partial charge is 0.216 e. The zero-order valence-corrected chi connectivity index (χ0v) is 14.6. The Morgan fingerprint density at radius 3 is 2.00 bits per heavy atom. The minimum Gasteiger partial charge on any atom is -0.216 e. The van der Waals surface area contributed by atoms with Gasteiger partial charge in [-0.15, -0.1) is 0 Å². The zero-order valence-electron chi connectivity index (χ0n) is 14.6. The van der Waals surface area contributed by atoms with E-state index in [0.29, 0.717) is 12.2 Å². The number of allylic oxidation sites excluding steroid dienone is 1. The second-order valence-electron chi connectivity index (χ2n) is 7.88. The fourth-order valence-corrected chi connectivity index (χ4v) is 5.00. The van der Waals surface area contributed by atoms with E-state index in [0.717, 1.165) is 30.6 Å². The summed E-state index contributed by atoms with van der Waals surface area (Å²) in [5, 5.41) is 0. The van der Waals surface area contributed by atoms with Gasteiger partial charge in [0.25, 0.3) is 0 Å². The lowest BCUT2D eigenvalue weighted by Gasteiger charge is -2.38. The van der Waals surface area contributed by atoms with Gasteiger partial charge in [-0.1, -0.05) is 31.1 Å². The first-order chi connectivity index (χ1) is 11.8. The minimum absolute atomic E-state index is 0.133. The molecule has 24 heavy (non-hydrogen) atoms. The molecule has 2 aliphatic carbocycles. The number of hydrogen-bond acceptors (Lipinski definition) is 0. The van der Waals surface area contributed by atoms with Crippen LogP contribution in [0.1, 0.15) is 75.7 Å². The number of rotatable bonds is 5. The average Bonchev–Trinajstić information content (AvgIpc) is 2.63. The second-order valence-corrected chi connectivity index (χ2v) is 7.88. The summed E-state index contributed by atoms with van der Waals surface area (Å²) in [5.74, 6) is 3.12. The minimum atomic E-state index is -0.133. The molecule has 0 saturated heterocycles. The van der Waals surface area contributed by atoms with Crippen molar-refractivity contribution in [1.29, 1.82) is 0 Å². The summed E-state index contributed by atoms with van der Waals surface area (Å²) >= 11 is 0. The molecule has 0 amide bonds. The molecule has 0 unspecified atom stereocenters. The van der Waals surface area contributed by atoms with Gasteiger partial charge in [0.1, 0.15) is 5.82 Å². The van der Waals surface area contributed by atoms with Crippen molar-refractivity contribution in [1.82, 2.24) is 0 Å². The maximum atomic E-state index is 13.1. The molecule has 0 spiro atoms. The van der Waals surface area contributed by atoms with Crippen molar-refractivity contribution in [3.63, 3.8) is 0 Å². The topological polar surface area (TPSA) is 0 Å². The molecule has 2 aliphatic rings. The van der Waals surface area contributed by atoms with Crippen LogP contribution >= 0.6 is 0 Å². The van der Waals surface area contributed by atoms with Gasteiger partial charge in [-0.3, -0.25) is 0 Å². The van der Waals surface area contributed by atoms with Crippen LogP contribution in [0.2, 0.25) is 0 Å². The standard InChI is InChI=1S/C22H30F2/c23-16-2-1-3-17-4-6-18(7-5-17)19-8-10-20(11-9-19)21-12-14-22(24)15-13-21/h2,12-20H,1,3-11H2/t17-,18-,19-,20-. The molecule has 132 valence electrons. The van der Waals surface area contributed by atoms with Crippen molar-refractivity contribution in [3.8, 4) is 0 Å². The Balaban J connectivity index is 1.42. The fourth-order valence-electron chi connectivity index (χ4n) is 5.00. The van der Waals surface area contributed by atoms with Crippen LogP contribution in [0, 0.1) is 23.6 Å². The lowest BCUT2D eigenvalue weighted by molar-refractivity contribution is 0.157. The molecule has 0 aliphatic heterocycles. The van der Waals surface area contributed by atoms with Gasteiger partial charge in [-0.25, -0.2) is 8.78 Å². The predicted molar refractivity (Wildman–Crippen MR) is 96.0 cm³/mol. The maximum absolute atomic E-state index is 13.1. The smallest absolute Gasteiger partial charge is 0.123 e. The highest BCUT2D eigenvalue weighted by Gasteiger charge is 2.31. The Bertz CT molecular complexity index is 503. The average molecular weight is 332 g/mol. The van der Waals surface area contributed by atoms with Crippen LogP contribution in [0.25, 0.3) is 0 Å². The molecule has 0 heterocycles. The summed E-state index contributed by atoms with van der Waals surface area (Å²) in [5.41, 5.74) is 1.32. The molecule has 0 aromatic heterocycles. The van der Waals surface area contributed by atoms with E-state index in [1.807, 2.05) is 12.1 Å². The first kappa shape index (κ1) is 17.6. The Hall–Kier alpha value is -1.18. The Morgan fingerprint density at radius 1 is 0.833 bits per heavy atom. The van der Waals surface area contributed by atoms with E-state index in [9.17, 15) is 8.78 Å². The number of halogens is 2. The Morgan fingerprint density at radius 2 is 1.42 bits per heavy atom. The Kier molecular flexibility index (Phi) is 6.45. The monoisotopic (exact) mass is 332 g/mol. The molecule has 1 aromatic rings. The summed E-state index contributed by atoms with van der Waals surface area (Å²) in [6.45, 7) is 0. The van der Waals surface area contributed by atoms with Gasteiger partial charge < -0.3 is 0 Å². The van der Waals surface area contributed by atoms with E-state index >= 15 is 0 Å². The van der Waals surface area contributed by atoms with Gasteiger partial charge in [-0.2, -0.15) is 0 Å². The summed E-state index contributed by atoms with van der Waals surface area (Å²) in [7, 11) is 0. The molecular weight excluding hydrogens is 302 g/mol. The maximum Gasteiger partial charge on any atom is 0.123 e. The van der Waals surface area contributed by atoms with Crippen LogP contribution in [-0.2, 0) is 0 Å². The molecular formula is C22H30F2. The molecule has 3 rings (SSSR count). The molecule has 0 radical (unpaired) electrons. The summed E-state index contributed by atoms with van der Waals surface area (Å²) in [6.07, 6.45) is 15.0. The molecule has 0 N–H and O–H groups in total. The highest BCUT2D eigenvalue weighted by Crippen LogP contribution is 2.44. The SMILES string of the molecule is FC=CCC[C@H]1CC[C@H]([C@H]2CC[C@H](c3ccc(F)cc3)CC2)CC1. The molecule has 0 bridgehead atoms. The van der Waals surface area contributed by atoms with E-state index in [2.05, 4.69) is 0 Å². The summed E-state index contributed by atoms with van der Waals surface area (Å²) in [6, 6.07) is 7.14. The van der Waals surface area contributed by atoms with Crippen molar-refractivity contribution >= 4 is 0 Å². The van der Waals surface area contributed by atoms with Crippen molar-refractivity contribution in [3.05, 3.63) is 48.1 Å². The quantitative estimate of drug-likeness (QED) is 0.536. The third-order valence-electron chi connectivity index (χ3n) is 6.50. The lowest BCUT2D eigenvalue weighted by atomic mass is 9.68. The predicted octanol–water partition coefficient (Wildman–Crippen LogP) is 7.17. The molecule has 0 nitrogen and oxygen atoms in total. The summed E-state index contributed by atoms with van der Waals surface area (Å²) in [4.78, 5) is 0. The van der Waals surface area contributed by atoms with Crippen molar-refractivity contribution in [2.75, 3.05) is 0 Å². The first-order valence-electron chi connectivity index (χ1n) is 9.77. The fraction of sp³-hybridized carbons (Fsp3) is 0.636. The van der Waals surface area contributed by atoms with E-state index < -0.39 is 0 Å². The molecule has 2 saturated carbocycles. The van der Waals surface area contributed by atoms with Gasteiger partial charge in [-0.05, 0) is 92.7 Å². The van der Waals surface area contributed by atoms with Gasteiger partial charge in [0.15, 0.2) is 0 Å². The van der Waals surface area contributed by atoms with Crippen LogP contribution in [-0.4, -0.2) is 0 Å². The van der Waals surface area contributed by atoms with Crippen LogP contribution < -0.4 is 0 Å². The molecule has 2 heteroatoms. The van der Waals surface area contributed by atoms with Crippen LogP contribution in [0.3, 0.4) is 0 Å². The molecule has 1 aromatic carbocycles. The van der Waals surface area contributed by atoms with Gasteiger partial charge in [0.05, 0.1) is 6.33 Å². The van der Waals surface area contributed by atoms with E-state index in [-0.39, 0.29) is 5.82 Å². The van der Waals surface area contributed by atoms with Crippen LogP contribution in [0.5, 0.6) is 0 Å². The zero-order chi connectivity index (χ0) is 16.8. The Labute approximate surface area is 145 Å². The number of hydrogen-bond donors (Lipinski definition) is 0. The van der Waals surface area contributed by atoms with Crippen molar-refractivity contribution < 1.29 is 8.78 Å².